The van der Waals surface area contributed by atoms with Crippen molar-refractivity contribution in [3.05, 3.63) is 54.1 Å². The van der Waals surface area contributed by atoms with Crippen molar-refractivity contribution in [2.24, 2.45) is 11.7 Å². The second-order valence-corrected chi connectivity index (χ2v) is 7.24. The molecule has 3 atom stereocenters. The van der Waals surface area contributed by atoms with Crippen LogP contribution in [0.2, 0.25) is 0 Å². The minimum Gasteiger partial charge on any atom is -0.436 e. The van der Waals surface area contributed by atoms with E-state index in [9.17, 15) is 0 Å². The zero-order valence-electron chi connectivity index (χ0n) is 15.6. The third-order valence-corrected chi connectivity index (χ3v) is 5.39. The molecule has 0 unspecified atom stereocenters. The third kappa shape index (κ3) is 4.05. The number of hydrogen-bond acceptors (Lipinski definition) is 5. The SMILES string of the molecule is COCC[C@@H]1CC[C@@H](N)[C@@H]1OCc1ccc(-c2nc3ccccc3o2)cc1. The topological polar surface area (TPSA) is 70.5 Å². The summed E-state index contributed by atoms with van der Waals surface area (Å²) in [6.07, 6.45) is 3.25. The lowest BCUT2D eigenvalue weighted by atomic mass is 10.0. The average molecular weight is 366 g/mol. The van der Waals surface area contributed by atoms with Gasteiger partial charge in [-0.25, -0.2) is 4.98 Å². The Kier molecular flexibility index (Phi) is 5.53. The molecule has 1 aliphatic carbocycles. The van der Waals surface area contributed by atoms with Crippen LogP contribution in [0.25, 0.3) is 22.6 Å². The van der Waals surface area contributed by atoms with Gasteiger partial charge in [0.25, 0.3) is 0 Å². The molecule has 27 heavy (non-hydrogen) atoms. The van der Waals surface area contributed by atoms with E-state index in [-0.39, 0.29) is 12.1 Å². The van der Waals surface area contributed by atoms with Crippen LogP contribution in [-0.4, -0.2) is 30.8 Å². The number of para-hydroxylation sites is 2. The number of nitrogens with zero attached hydrogens (tertiary/aromatic N) is 1. The number of benzene rings is 2. The molecule has 1 aliphatic rings. The Morgan fingerprint density at radius 1 is 1.11 bits per heavy atom. The average Bonchev–Trinajstić information content (AvgIpc) is 3.28. The molecule has 1 aromatic heterocycles. The Labute approximate surface area is 159 Å². The molecule has 1 fully saturated rings. The highest BCUT2D eigenvalue weighted by Gasteiger charge is 2.34. The molecule has 5 heteroatoms. The van der Waals surface area contributed by atoms with Crippen LogP contribution in [0, 0.1) is 5.92 Å². The molecule has 0 radical (unpaired) electrons. The Morgan fingerprint density at radius 3 is 2.70 bits per heavy atom. The fourth-order valence-electron chi connectivity index (χ4n) is 3.85. The van der Waals surface area contributed by atoms with Gasteiger partial charge in [0.1, 0.15) is 5.52 Å². The lowest BCUT2D eigenvalue weighted by Gasteiger charge is -2.23. The van der Waals surface area contributed by atoms with Crippen molar-refractivity contribution in [2.75, 3.05) is 13.7 Å². The molecule has 5 nitrogen and oxygen atoms in total. The maximum Gasteiger partial charge on any atom is 0.227 e. The van der Waals surface area contributed by atoms with Crippen molar-refractivity contribution >= 4 is 11.1 Å². The number of ether oxygens (including phenoxy) is 2. The van der Waals surface area contributed by atoms with Crippen LogP contribution in [0.3, 0.4) is 0 Å². The van der Waals surface area contributed by atoms with Gasteiger partial charge >= 0.3 is 0 Å². The monoisotopic (exact) mass is 366 g/mol. The predicted octanol–water partition coefficient (Wildman–Crippen LogP) is 4.15. The van der Waals surface area contributed by atoms with Gasteiger partial charge < -0.3 is 19.6 Å². The summed E-state index contributed by atoms with van der Waals surface area (Å²) in [5, 5.41) is 0. The molecule has 1 heterocycles. The molecule has 1 saturated carbocycles. The first-order chi connectivity index (χ1) is 13.2. The van der Waals surface area contributed by atoms with Crippen molar-refractivity contribution in [3.63, 3.8) is 0 Å². The molecule has 3 aromatic rings. The van der Waals surface area contributed by atoms with Gasteiger partial charge in [-0.15, -0.1) is 0 Å². The zero-order chi connectivity index (χ0) is 18.6. The van der Waals surface area contributed by atoms with E-state index in [4.69, 9.17) is 19.6 Å². The fraction of sp³-hybridized carbons (Fsp3) is 0.409. The molecule has 4 rings (SSSR count). The Morgan fingerprint density at radius 2 is 1.93 bits per heavy atom. The molecular weight excluding hydrogens is 340 g/mol. The van der Waals surface area contributed by atoms with Gasteiger partial charge in [-0.2, -0.15) is 0 Å². The van der Waals surface area contributed by atoms with Crippen LogP contribution in [0.15, 0.2) is 52.9 Å². The molecule has 0 amide bonds. The second kappa shape index (κ2) is 8.21. The standard InChI is InChI=1S/C22H26N2O3/c1-25-13-12-16-10-11-18(23)21(16)26-14-15-6-8-17(9-7-15)22-24-19-4-2-3-5-20(19)27-22/h2-9,16,18,21H,10-14,23H2,1H3/t16-,18+,21+/m0/s1. The van der Waals surface area contributed by atoms with Gasteiger partial charge in [-0.3, -0.25) is 0 Å². The molecule has 2 aromatic carbocycles. The summed E-state index contributed by atoms with van der Waals surface area (Å²) in [4.78, 5) is 4.54. The van der Waals surface area contributed by atoms with E-state index in [1.54, 1.807) is 7.11 Å². The van der Waals surface area contributed by atoms with Crippen LogP contribution in [0.5, 0.6) is 0 Å². The summed E-state index contributed by atoms with van der Waals surface area (Å²) in [7, 11) is 1.74. The maximum absolute atomic E-state index is 6.26. The van der Waals surface area contributed by atoms with E-state index in [0.717, 1.165) is 48.1 Å². The van der Waals surface area contributed by atoms with Gasteiger partial charge in [0, 0.05) is 25.3 Å². The highest BCUT2D eigenvalue weighted by atomic mass is 16.5. The van der Waals surface area contributed by atoms with E-state index in [2.05, 4.69) is 17.1 Å². The van der Waals surface area contributed by atoms with E-state index >= 15 is 0 Å². The van der Waals surface area contributed by atoms with E-state index in [1.165, 1.54) is 0 Å². The van der Waals surface area contributed by atoms with Crippen molar-refractivity contribution < 1.29 is 13.9 Å². The van der Waals surface area contributed by atoms with E-state index in [1.807, 2.05) is 36.4 Å². The Balaban J connectivity index is 1.40. The molecule has 0 spiro atoms. The first kappa shape index (κ1) is 18.2. The number of nitrogens with two attached hydrogens (primary N) is 1. The van der Waals surface area contributed by atoms with Gasteiger partial charge in [0.2, 0.25) is 5.89 Å². The lowest BCUT2D eigenvalue weighted by molar-refractivity contribution is -0.000970. The van der Waals surface area contributed by atoms with Gasteiger partial charge in [-0.05, 0) is 55.0 Å². The molecular formula is C22H26N2O3. The Bertz CT molecular complexity index is 842. The molecule has 0 bridgehead atoms. The predicted molar refractivity (Wildman–Crippen MR) is 105 cm³/mol. The minimum atomic E-state index is 0.108. The van der Waals surface area contributed by atoms with Crippen LogP contribution in [0.4, 0.5) is 0 Å². The molecule has 0 saturated heterocycles. The number of aromatic nitrogens is 1. The Hall–Kier alpha value is -2.21. The summed E-state index contributed by atoms with van der Waals surface area (Å²) in [6.45, 7) is 1.33. The van der Waals surface area contributed by atoms with Crippen LogP contribution < -0.4 is 5.73 Å². The number of hydrogen-bond donors (Lipinski definition) is 1. The van der Waals surface area contributed by atoms with Crippen molar-refractivity contribution in [3.8, 4) is 11.5 Å². The summed E-state index contributed by atoms with van der Waals surface area (Å²) < 4.78 is 17.2. The third-order valence-electron chi connectivity index (χ3n) is 5.39. The van der Waals surface area contributed by atoms with Crippen LogP contribution in [-0.2, 0) is 16.1 Å². The molecule has 2 N–H and O–H groups in total. The van der Waals surface area contributed by atoms with Crippen LogP contribution in [0.1, 0.15) is 24.8 Å². The van der Waals surface area contributed by atoms with Crippen molar-refractivity contribution in [1.82, 2.24) is 4.98 Å². The highest BCUT2D eigenvalue weighted by molar-refractivity contribution is 5.75. The van der Waals surface area contributed by atoms with E-state index < -0.39 is 0 Å². The molecule has 142 valence electrons. The number of rotatable bonds is 7. The van der Waals surface area contributed by atoms with Gasteiger partial charge in [0.15, 0.2) is 5.58 Å². The maximum atomic E-state index is 6.26. The van der Waals surface area contributed by atoms with E-state index in [0.29, 0.717) is 18.4 Å². The van der Waals surface area contributed by atoms with Crippen LogP contribution >= 0.6 is 0 Å². The second-order valence-electron chi connectivity index (χ2n) is 7.24. The smallest absolute Gasteiger partial charge is 0.227 e. The largest absolute Gasteiger partial charge is 0.436 e. The molecule has 0 aliphatic heterocycles. The van der Waals surface area contributed by atoms with Gasteiger partial charge in [-0.1, -0.05) is 24.3 Å². The quantitative estimate of drug-likeness (QED) is 0.680. The lowest BCUT2D eigenvalue weighted by Crippen LogP contribution is -2.35. The first-order valence-corrected chi connectivity index (χ1v) is 9.55. The summed E-state index contributed by atoms with van der Waals surface area (Å²) in [5.74, 6) is 1.13. The number of oxazole rings is 1. The summed E-state index contributed by atoms with van der Waals surface area (Å²) in [5.41, 5.74) is 10.0. The normalized spacial score (nSPS) is 22.5. The summed E-state index contributed by atoms with van der Waals surface area (Å²) in [6, 6.07) is 16.1. The number of methoxy groups -OCH3 is 1. The number of fused-ring (bicyclic) bond motifs is 1. The first-order valence-electron chi connectivity index (χ1n) is 9.55. The minimum absolute atomic E-state index is 0.108. The highest BCUT2D eigenvalue weighted by Crippen LogP contribution is 2.31. The van der Waals surface area contributed by atoms with Crippen molar-refractivity contribution in [2.45, 2.75) is 38.0 Å². The summed E-state index contributed by atoms with van der Waals surface area (Å²) >= 11 is 0. The zero-order valence-corrected chi connectivity index (χ0v) is 15.6. The van der Waals surface area contributed by atoms with Crippen molar-refractivity contribution in [1.29, 1.82) is 0 Å². The van der Waals surface area contributed by atoms with Gasteiger partial charge in [0.05, 0.1) is 12.7 Å². The fourth-order valence-corrected chi connectivity index (χ4v) is 3.85.